The van der Waals surface area contributed by atoms with Crippen molar-refractivity contribution in [1.29, 1.82) is 5.26 Å². The first kappa shape index (κ1) is 42.1. The first-order valence-electron chi connectivity index (χ1n) is 16.8. The van der Waals surface area contributed by atoms with E-state index in [9.17, 15) is 13.2 Å². The molecule has 0 saturated carbocycles. The molecule has 0 amide bonds. The van der Waals surface area contributed by atoms with Crippen molar-refractivity contribution in [2.24, 2.45) is 0 Å². The highest BCUT2D eigenvalue weighted by Gasteiger charge is 2.32. The Kier molecular flexibility index (Phi) is 19.1. The van der Waals surface area contributed by atoms with Crippen LogP contribution >= 0.6 is 12.2 Å². The molecule has 0 radical (unpaired) electrons. The van der Waals surface area contributed by atoms with Gasteiger partial charge >= 0.3 is 6.18 Å². The van der Waals surface area contributed by atoms with E-state index in [0.29, 0.717) is 17.5 Å². The number of nitrogens with zero attached hydrogens (tertiary/aromatic N) is 1. The highest BCUT2D eigenvalue weighted by atomic mass is 32.1. The van der Waals surface area contributed by atoms with Gasteiger partial charge in [-0.25, -0.2) is 0 Å². The Morgan fingerprint density at radius 3 is 1.77 bits per heavy atom. The van der Waals surface area contributed by atoms with Crippen molar-refractivity contribution in [2.45, 2.75) is 98.6 Å². The maximum Gasteiger partial charge on any atom is 0.416 e. The van der Waals surface area contributed by atoms with Crippen molar-refractivity contribution < 1.29 is 13.2 Å². The maximum atomic E-state index is 12.2. The Balaban J connectivity index is 0.000000372. The van der Waals surface area contributed by atoms with E-state index in [1.807, 2.05) is 32.2 Å². The Morgan fingerprint density at radius 2 is 1.33 bits per heavy atom. The SMILES string of the molecule is CCC=S.CCCC(C)(CCC)c1ccc(-c2cccc(C#N)c2)cc1.CCc1ccccc1C(F)(F)F.CNc1cc(C)cc(C)c1. The zero-order valence-corrected chi connectivity index (χ0v) is 30.8. The van der Waals surface area contributed by atoms with E-state index in [4.69, 9.17) is 5.26 Å². The lowest BCUT2D eigenvalue weighted by atomic mass is 9.75. The summed E-state index contributed by atoms with van der Waals surface area (Å²) in [5.41, 5.74) is 8.34. The molecule has 0 bridgehead atoms. The Bertz CT molecular complexity index is 1530. The zero-order valence-electron chi connectivity index (χ0n) is 30.0. The Morgan fingerprint density at radius 1 is 0.771 bits per heavy atom. The van der Waals surface area contributed by atoms with Gasteiger partial charge in [-0.15, -0.1) is 0 Å². The van der Waals surface area contributed by atoms with Crippen LogP contribution in [0, 0.1) is 25.2 Å². The Hall–Kier alpha value is -3.95. The molecule has 4 aromatic rings. The summed E-state index contributed by atoms with van der Waals surface area (Å²) in [7, 11) is 1.94. The summed E-state index contributed by atoms with van der Waals surface area (Å²) >= 11 is 4.43. The lowest BCUT2D eigenvalue weighted by Crippen LogP contribution is -2.21. The summed E-state index contributed by atoms with van der Waals surface area (Å²) in [6.07, 6.45) is 2.08. The van der Waals surface area contributed by atoms with Crippen molar-refractivity contribution in [1.82, 2.24) is 0 Å². The van der Waals surface area contributed by atoms with Crippen LogP contribution in [0.15, 0.2) is 91.0 Å². The highest BCUT2D eigenvalue weighted by molar-refractivity contribution is 7.78. The van der Waals surface area contributed by atoms with Crippen LogP contribution in [0.2, 0.25) is 0 Å². The minimum absolute atomic E-state index is 0.274. The third-order valence-corrected chi connectivity index (χ3v) is 8.22. The van der Waals surface area contributed by atoms with E-state index in [2.05, 4.69) is 107 Å². The van der Waals surface area contributed by atoms with Crippen molar-refractivity contribution in [3.05, 3.63) is 124 Å². The monoisotopic (exact) mass is 674 g/mol. The summed E-state index contributed by atoms with van der Waals surface area (Å²) in [6.45, 7) is 14.8. The topological polar surface area (TPSA) is 35.8 Å². The summed E-state index contributed by atoms with van der Waals surface area (Å²) < 4.78 is 36.7. The van der Waals surface area contributed by atoms with E-state index in [-0.39, 0.29) is 5.41 Å². The van der Waals surface area contributed by atoms with Gasteiger partial charge in [-0.2, -0.15) is 18.4 Å². The van der Waals surface area contributed by atoms with Crippen molar-refractivity contribution in [2.75, 3.05) is 12.4 Å². The molecule has 0 aliphatic rings. The van der Waals surface area contributed by atoms with Crippen LogP contribution in [0.3, 0.4) is 0 Å². The number of nitriles is 1. The molecular formula is C42H53F3N2S. The molecule has 0 aromatic heterocycles. The summed E-state index contributed by atoms with van der Waals surface area (Å²) in [4.78, 5) is 0. The number of alkyl halides is 3. The van der Waals surface area contributed by atoms with E-state index >= 15 is 0 Å². The summed E-state index contributed by atoms with van der Waals surface area (Å²) in [5, 5.41) is 13.8. The quantitative estimate of drug-likeness (QED) is 0.180. The van der Waals surface area contributed by atoms with Crippen LogP contribution < -0.4 is 5.32 Å². The second kappa shape index (κ2) is 21.8. The number of thiocarbonyl (C=S) groups is 1. The largest absolute Gasteiger partial charge is 0.416 e. The summed E-state index contributed by atoms with van der Waals surface area (Å²) in [5.74, 6) is 0. The molecule has 0 spiro atoms. The fourth-order valence-electron chi connectivity index (χ4n) is 5.57. The number of hydrogen-bond acceptors (Lipinski definition) is 3. The molecule has 6 heteroatoms. The van der Waals surface area contributed by atoms with Gasteiger partial charge in [0, 0.05) is 12.7 Å². The average Bonchev–Trinajstić information content (AvgIpc) is 3.08. The lowest BCUT2D eigenvalue weighted by molar-refractivity contribution is -0.138. The van der Waals surface area contributed by atoms with Gasteiger partial charge < -0.3 is 5.32 Å². The molecule has 4 aromatic carbocycles. The molecule has 48 heavy (non-hydrogen) atoms. The first-order valence-corrected chi connectivity index (χ1v) is 17.2. The number of benzene rings is 4. The molecule has 0 aliphatic carbocycles. The van der Waals surface area contributed by atoms with Crippen LogP contribution in [0.5, 0.6) is 0 Å². The van der Waals surface area contributed by atoms with Crippen molar-refractivity contribution in [3.8, 4) is 17.2 Å². The average molecular weight is 675 g/mol. The minimum atomic E-state index is -4.22. The molecule has 0 heterocycles. The maximum absolute atomic E-state index is 12.2. The zero-order chi connectivity index (χ0) is 36.2. The molecule has 0 fully saturated rings. The summed E-state index contributed by atoms with van der Waals surface area (Å²) in [6, 6.07) is 31.0. The second-order valence-corrected chi connectivity index (χ2v) is 12.4. The van der Waals surface area contributed by atoms with Crippen LogP contribution in [-0.2, 0) is 18.0 Å². The number of halogens is 3. The lowest BCUT2D eigenvalue weighted by Gasteiger charge is -2.30. The minimum Gasteiger partial charge on any atom is -0.388 e. The van der Waals surface area contributed by atoms with Gasteiger partial charge in [0.05, 0.1) is 17.2 Å². The Labute approximate surface area is 293 Å². The van der Waals surface area contributed by atoms with E-state index < -0.39 is 11.7 Å². The van der Waals surface area contributed by atoms with Gasteiger partial charge in [-0.1, -0.05) is 120 Å². The number of rotatable bonds is 9. The van der Waals surface area contributed by atoms with Crippen LogP contribution in [0.4, 0.5) is 18.9 Å². The van der Waals surface area contributed by atoms with Gasteiger partial charge in [0.25, 0.3) is 0 Å². The van der Waals surface area contributed by atoms with Gasteiger partial charge in [0.2, 0.25) is 0 Å². The van der Waals surface area contributed by atoms with Crippen LogP contribution in [-0.4, -0.2) is 12.4 Å². The van der Waals surface area contributed by atoms with Gasteiger partial charge in [0.1, 0.15) is 0 Å². The fourth-order valence-corrected chi connectivity index (χ4v) is 5.57. The molecule has 258 valence electrons. The molecule has 0 saturated heterocycles. The molecule has 0 unspecified atom stereocenters. The second-order valence-electron chi connectivity index (χ2n) is 12.0. The molecule has 2 nitrogen and oxygen atoms in total. The van der Waals surface area contributed by atoms with E-state index in [1.165, 1.54) is 65.8 Å². The van der Waals surface area contributed by atoms with Gasteiger partial charge in [-0.3, -0.25) is 0 Å². The number of anilines is 1. The predicted octanol–water partition coefficient (Wildman–Crippen LogP) is 13.1. The van der Waals surface area contributed by atoms with Gasteiger partial charge in [-0.05, 0) is 114 Å². The molecule has 0 atom stereocenters. The van der Waals surface area contributed by atoms with E-state index in [0.717, 1.165) is 18.1 Å². The molecule has 1 N–H and O–H groups in total. The normalized spacial score (nSPS) is 10.5. The number of aryl methyl sites for hydroxylation is 3. The standard InChI is InChI=1S/C21H25N.C9H9F3.C9H13N.C3H6S/c1-4-13-21(3,14-5-2)20-11-9-18(10-12-20)19-8-6-7-17(15-19)16-22;1-2-7-5-3-4-6-8(7)9(10,11)12;1-7-4-8(2)6-9(5-7)10-3;1-2-3-4/h6-12,15H,4-5,13-14H2,1-3H3;3-6H,2H2,1H3;4-6,10H,1-3H3;3H,2H2,1H3. The highest BCUT2D eigenvalue weighted by Crippen LogP contribution is 2.35. The van der Waals surface area contributed by atoms with Gasteiger partial charge in [0.15, 0.2) is 0 Å². The third-order valence-electron chi connectivity index (χ3n) is 7.89. The van der Waals surface area contributed by atoms with Crippen molar-refractivity contribution in [3.63, 3.8) is 0 Å². The fraction of sp³-hybridized carbons (Fsp3) is 0.381. The third kappa shape index (κ3) is 14.4. The van der Waals surface area contributed by atoms with Crippen molar-refractivity contribution >= 4 is 23.3 Å². The van der Waals surface area contributed by atoms with Crippen LogP contribution in [0.25, 0.3) is 11.1 Å². The molecule has 0 aliphatic heterocycles. The number of hydrogen-bond donors (Lipinski definition) is 1. The number of nitrogens with one attached hydrogen (secondary N) is 1. The smallest absolute Gasteiger partial charge is 0.388 e. The molecular weight excluding hydrogens is 622 g/mol. The first-order chi connectivity index (χ1) is 22.8. The van der Waals surface area contributed by atoms with Crippen LogP contribution in [0.1, 0.15) is 100 Å². The van der Waals surface area contributed by atoms with E-state index in [1.54, 1.807) is 18.4 Å². The predicted molar refractivity (Wildman–Crippen MR) is 204 cm³/mol. The molecule has 4 rings (SSSR count).